The number of nitrogens with one attached hydrogen (secondary N) is 1. The predicted octanol–water partition coefficient (Wildman–Crippen LogP) is 2.40. The van der Waals surface area contributed by atoms with Crippen molar-refractivity contribution in [2.24, 2.45) is 0 Å². The molecule has 1 N–H and O–H groups in total. The Morgan fingerprint density at radius 2 is 1.83 bits per heavy atom. The van der Waals surface area contributed by atoms with Gasteiger partial charge in [-0.25, -0.2) is 18.1 Å². The molecule has 7 nitrogen and oxygen atoms in total. The summed E-state index contributed by atoms with van der Waals surface area (Å²) in [6, 6.07) is 10.1. The standard InChI is InChI=1S/C20H23ClN4O3S/c1-2-23-29(27,28)18-7-3-16(4-8-18)5-10-20(26)25-13-11-24(12-14-25)19-9-6-17(21)15-22-19/h3-10,15,23H,2,11-14H2,1H3/b10-5+. The molecule has 2 aromatic rings. The van der Waals surface area contributed by atoms with Crippen LogP contribution in [0.15, 0.2) is 53.6 Å². The molecule has 1 amide bonds. The molecule has 9 heteroatoms. The molecule has 0 aliphatic carbocycles. The number of piperazine rings is 1. The summed E-state index contributed by atoms with van der Waals surface area (Å²) in [5, 5.41) is 0.597. The molecule has 0 unspecified atom stereocenters. The van der Waals surface area contributed by atoms with Crippen LogP contribution in [0.3, 0.4) is 0 Å². The van der Waals surface area contributed by atoms with Crippen molar-refractivity contribution in [3.8, 4) is 0 Å². The number of hydrogen-bond acceptors (Lipinski definition) is 5. The minimum Gasteiger partial charge on any atom is -0.353 e. The van der Waals surface area contributed by atoms with Crippen LogP contribution >= 0.6 is 11.6 Å². The average molecular weight is 435 g/mol. The minimum absolute atomic E-state index is 0.0712. The number of halogens is 1. The van der Waals surface area contributed by atoms with Crippen LogP contribution in [0.2, 0.25) is 5.02 Å². The molecule has 1 saturated heterocycles. The van der Waals surface area contributed by atoms with Crippen molar-refractivity contribution in [1.29, 1.82) is 0 Å². The Hall–Kier alpha value is -2.42. The molecule has 0 spiro atoms. The van der Waals surface area contributed by atoms with E-state index in [0.29, 0.717) is 37.7 Å². The first-order valence-electron chi connectivity index (χ1n) is 9.32. The third-order valence-corrected chi connectivity index (χ3v) is 6.36. The van der Waals surface area contributed by atoms with Crippen LogP contribution < -0.4 is 9.62 Å². The second-order valence-electron chi connectivity index (χ2n) is 6.55. The summed E-state index contributed by atoms with van der Waals surface area (Å²) in [7, 11) is -3.47. The van der Waals surface area contributed by atoms with Crippen LogP contribution in [0.1, 0.15) is 12.5 Å². The third-order valence-electron chi connectivity index (χ3n) is 4.57. The smallest absolute Gasteiger partial charge is 0.246 e. The lowest BCUT2D eigenvalue weighted by molar-refractivity contribution is -0.126. The molecule has 0 radical (unpaired) electrons. The zero-order chi connectivity index (χ0) is 20.9. The summed E-state index contributed by atoms with van der Waals surface area (Å²) in [6.07, 6.45) is 4.83. The summed E-state index contributed by atoms with van der Waals surface area (Å²) >= 11 is 5.87. The van der Waals surface area contributed by atoms with Gasteiger partial charge in [0.1, 0.15) is 5.82 Å². The van der Waals surface area contributed by atoms with Crippen LogP contribution in [-0.4, -0.2) is 56.9 Å². The molecule has 1 aliphatic heterocycles. The van der Waals surface area contributed by atoms with Gasteiger partial charge in [0.15, 0.2) is 0 Å². The molecule has 1 fully saturated rings. The molecule has 2 heterocycles. The van der Waals surface area contributed by atoms with E-state index in [-0.39, 0.29) is 10.8 Å². The summed E-state index contributed by atoms with van der Waals surface area (Å²) in [5.74, 6) is 0.780. The SMILES string of the molecule is CCNS(=O)(=O)c1ccc(/C=C/C(=O)N2CCN(c3ccc(Cl)cn3)CC2)cc1. The maximum Gasteiger partial charge on any atom is 0.246 e. The Labute approximate surface area is 176 Å². The van der Waals surface area contributed by atoms with Gasteiger partial charge in [0.2, 0.25) is 15.9 Å². The Balaban J connectivity index is 1.55. The van der Waals surface area contributed by atoms with Crippen LogP contribution in [-0.2, 0) is 14.8 Å². The molecule has 3 rings (SSSR count). The molecule has 0 atom stereocenters. The lowest BCUT2D eigenvalue weighted by Crippen LogP contribution is -2.48. The zero-order valence-electron chi connectivity index (χ0n) is 16.1. The fourth-order valence-corrected chi connectivity index (χ4v) is 4.17. The second-order valence-corrected chi connectivity index (χ2v) is 8.75. The van der Waals surface area contributed by atoms with Crippen LogP contribution in [0.4, 0.5) is 5.82 Å². The van der Waals surface area contributed by atoms with Gasteiger partial charge in [0.05, 0.1) is 9.92 Å². The van der Waals surface area contributed by atoms with E-state index in [0.717, 1.165) is 11.4 Å². The van der Waals surface area contributed by atoms with E-state index in [1.165, 1.54) is 18.2 Å². The van der Waals surface area contributed by atoms with E-state index in [9.17, 15) is 13.2 Å². The molecule has 0 saturated carbocycles. The zero-order valence-corrected chi connectivity index (χ0v) is 17.7. The fraction of sp³-hybridized carbons (Fsp3) is 0.300. The van der Waals surface area contributed by atoms with E-state index in [2.05, 4.69) is 14.6 Å². The highest BCUT2D eigenvalue weighted by molar-refractivity contribution is 7.89. The van der Waals surface area contributed by atoms with Crippen LogP contribution in [0.25, 0.3) is 6.08 Å². The molecular weight excluding hydrogens is 412 g/mol. The lowest BCUT2D eigenvalue weighted by Gasteiger charge is -2.34. The van der Waals surface area contributed by atoms with Crippen molar-refractivity contribution in [1.82, 2.24) is 14.6 Å². The minimum atomic E-state index is -3.47. The number of aromatic nitrogens is 1. The summed E-state index contributed by atoms with van der Waals surface area (Å²) in [4.78, 5) is 20.9. The van der Waals surface area contributed by atoms with Gasteiger partial charge >= 0.3 is 0 Å². The number of anilines is 1. The number of sulfonamides is 1. The van der Waals surface area contributed by atoms with Crippen molar-refractivity contribution in [3.05, 3.63) is 59.3 Å². The van der Waals surface area contributed by atoms with Gasteiger partial charge in [-0.3, -0.25) is 4.79 Å². The number of pyridine rings is 1. The van der Waals surface area contributed by atoms with E-state index in [1.54, 1.807) is 42.3 Å². The first-order valence-corrected chi connectivity index (χ1v) is 11.2. The van der Waals surface area contributed by atoms with Crippen molar-refractivity contribution < 1.29 is 13.2 Å². The van der Waals surface area contributed by atoms with Gasteiger partial charge in [-0.1, -0.05) is 30.7 Å². The number of amides is 1. The summed E-state index contributed by atoms with van der Waals surface area (Å²) in [5.41, 5.74) is 0.762. The normalized spacial score (nSPS) is 15.1. The highest BCUT2D eigenvalue weighted by atomic mass is 35.5. The fourth-order valence-electron chi connectivity index (χ4n) is 3.02. The number of benzene rings is 1. The molecule has 1 aliphatic rings. The highest BCUT2D eigenvalue weighted by Crippen LogP contribution is 2.17. The molecule has 1 aromatic carbocycles. The van der Waals surface area contributed by atoms with Crippen molar-refractivity contribution >= 4 is 39.4 Å². The number of rotatable bonds is 6. The van der Waals surface area contributed by atoms with Crippen molar-refractivity contribution in [2.45, 2.75) is 11.8 Å². The average Bonchev–Trinajstić information content (AvgIpc) is 2.73. The Bertz CT molecular complexity index is 968. The first kappa shape index (κ1) is 21.3. The quantitative estimate of drug-likeness (QED) is 0.706. The van der Waals surface area contributed by atoms with Crippen molar-refractivity contribution in [2.75, 3.05) is 37.6 Å². The molecule has 29 heavy (non-hydrogen) atoms. The Morgan fingerprint density at radius 1 is 1.14 bits per heavy atom. The first-order chi connectivity index (χ1) is 13.9. The van der Waals surface area contributed by atoms with E-state index >= 15 is 0 Å². The third kappa shape index (κ3) is 5.56. The van der Waals surface area contributed by atoms with Gasteiger partial charge in [0, 0.05) is 45.0 Å². The van der Waals surface area contributed by atoms with Gasteiger partial charge in [-0.2, -0.15) is 0 Å². The van der Waals surface area contributed by atoms with Gasteiger partial charge in [-0.15, -0.1) is 0 Å². The number of nitrogens with zero attached hydrogens (tertiary/aromatic N) is 3. The molecule has 1 aromatic heterocycles. The topological polar surface area (TPSA) is 82.6 Å². The van der Waals surface area contributed by atoms with Gasteiger partial charge in [-0.05, 0) is 35.9 Å². The highest BCUT2D eigenvalue weighted by Gasteiger charge is 2.20. The summed E-state index contributed by atoms with van der Waals surface area (Å²) < 4.78 is 26.4. The Morgan fingerprint density at radius 3 is 2.41 bits per heavy atom. The van der Waals surface area contributed by atoms with E-state index in [4.69, 9.17) is 11.6 Å². The van der Waals surface area contributed by atoms with Gasteiger partial charge < -0.3 is 9.80 Å². The maximum atomic E-state index is 12.5. The number of carbonyl (C=O) groups is 1. The molecule has 0 bridgehead atoms. The Kier molecular flexibility index (Phi) is 6.89. The molecular formula is C20H23ClN4O3S. The van der Waals surface area contributed by atoms with Crippen molar-refractivity contribution in [3.63, 3.8) is 0 Å². The maximum absolute atomic E-state index is 12.5. The summed E-state index contributed by atoms with van der Waals surface area (Å²) in [6.45, 7) is 4.67. The van der Waals surface area contributed by atoms with Gasteiger partial charge in [0.25, 0.3) is 0 Å². The monoisotopic (exact) mass is 434 g/mol. The largest absolute Gasteiger partial charge is 0.353 e. The predicted molar refractivity (Wildman–Crippen MR) is 114 cm³/mol. The number of hydrogen-bond donors (Lipinski definition) is 1. The lowest BCUT2D eigenvalue weighted by atomic mass is 10.2. The van der Waals surface area contributed by atoms with E-state index in [1.807, 2.05) is 6.07 Å². The molecule has 154 valence electrons. The van der Waals surface area contributed by atoms with Crippen LogP contribution in [0.5, 0.6) is 0 Å². The van der Waals surface area contributed by atoms with Crippen LogP contribution in [0, 0.1) is 0 Å². The van der Waals surface area contributed by atoms with E-state index < -0.39 is 10.0 Å². The number of carbonyl (C=O) groups excluding carboxylic acids is 1. The second kappa shape index (κ2) is 9.39.